The van der Waals surface area contributed by atoms with Gasteiger partial charge in [-0.1, -0.05) is 42.5 Å². The molecule has 2 aliphatic heterocycles. The van der Waals surface area contributed by atoms with Crippen molar-refractivity contribution in [1.82, 2.24) is 0 Å². The highest BCUT2D eigenvalue weighted by atomic mass is 19.1. The Labute approximate surface area is 173 Å². The fourth-order valence-corrected chi connectivity index (χ4v) is 4.08. The predicted octanol–water partition coefficient (Wildman–Crippen LogP) is 4.18. The summed E-state index contributed by atoms with van der Waals surface area (Å²) in [6, 6.07) is 20.5. The van der Waals surface area contributed by atoms with Gasteiger partial charge in [0.25, 0.3) is 11.7 Å². The van der Waals surface area contributed by atoms with Crippen molar-refractivity contribution in [2.24, 2.45) is 0 Å². The summed E-state index contributed by atoms with van der Waals surface area (Å²) >= 11 is 0. The second-order valence-electron chi connectivity index (χ2n) is 7.34. The van der Waals surface area contributed by atoms with Crippen LogP contribution in [0.3, 0.4) is 0 Å². The molecule has 3 aromatic carbocycles. The summed E-state index contributed by atoms with van der Waals surface area (Å²) in [4.78, 5) is 15.1. The first kappa shape index (κ1) is 18.9. The van der Waals surface area contributed by atoms with Crippen LogP contribution in [-0.4, -0.2) is 24.2 Å². The molecule has 1 fully saturated rings. The van der Waals surface area contributed by atoms with Crippen molar-refractivity contribution in [2.75, 3.05) is 18.1 Å². The van der Waals surface area contributed by atoms with Gasteiger partial charge in [0.15, 0.2) is 0 Å². The number of benzene rings is 3. The van der Waals surface area contributed by atoms with Crippen molar-refractivity contribution in [2.45, 2.75) is 18.3 Å². The van der Waals surface area contributed by atoms with Gasteiger partial charge in [0.1, 0.15) is 11.9 Å². The lowest BCUT2D eigenvalue weighted by Gasteiger charge is -2.32. The van der Waals surface area contributed by atoms with Crippen molar-refractivity contribution in [3.05, 3.63) is 95.3 Å². The summed E-state index contributed by atoms with van der Waals surface area (Å²) in [5.41, 5.74) is 2.46. The number of hydrogen-bond acceptors (Lipinski definition) is 4. The van der Waals surface area contributed by atoms with Crippen LogP contribution in [0.2, 0.25) is 0 Å². The lowest BCUT2D eigenvalue weighted by Crippen LogP contribution is -2.46. The van der Waals surface area contributed by atoms with Crippen LogP contribution >= 0.6 is 0 Å². The highest BCUT2D eigenvalue weighted by molar-refractivity contribution is 6.11. The summed E-state index contributed by atoms with van der Waals surface area (Å²) in [6.45, 7) is 0.766. The number of aliphatic hydroxyl groups is 1. The Morgan fingerprint density at radius 3 is 2.40 bits per heavy atom. The Balaban J connectivity index is 1.64. The molecule has 1 atom stereocenters. The molecule has 1 saturated heterocycles. The molecule has 0 radical (unpaired) electrons. The SMILES string of the molecule is O=C1N(c2ccccc2)c2ccc(C(O)c3ccccc3F)cc2C12OCCCO2. The van der Waals surface area contributed by atoms with Crippen molar-refractivity contribution in [1.29, 1.82) is 0 Å². The van der Waals surface area contributed by atoms with E-state index >= 15 is 0 Å². The molecule has 5 nitrogen and oxygen atoms in total. The highest BCUT2D eigenvalue weighted by Crippen LogP contribution is 2.49. The summed E-state index contributed by atoms with van der Waals surface area (Å²) in [7, 11) is 0. The molecule has 0 bridgehead atoms. The molecule has 1 spiro atoms. The van der Waals surface area contributed by atoms with Crippen LogP contribution in [0.15, 0.2) is 72.8 Å². The minimum atomic E-state index is -1.56. The lowest BCUT2D eigenvalue weighted by molar-refractivity contribution is -0.256. The summed E-state index contributed by atoms with van der Waals surface area (Å²) in [5, 5.41) is 10.8. The zero-order valence-corrected chi connectivity index (χ0v) is 16.1. The topological polar surface area (TPSA) is 59.0 Å². The van der Waals surface area contributed by atoms with E-state index in [-0.39, 0.29) is 11.5 Å². The number of carbonyl (C=O) groups excluding carboxylic acids is 1. The lowest BCUT2D eigenvalue weighted by atomic mass is 9.96. The molecule has 0 saturated carbocycles. The smallest absolute Gasteiger partial charge is 0.297 e. The molecule has 3 aromatic rings. The first-order valence-electron chi connectivity index (χ1n) is 9.86. The molecule has 0 aliphatic carbocycles. The molecule has 1 N–H and O–H groups in total. The van der Waals surface area contributed by atoms with Crippen LogP contribution < -0.4 is 4.90 Å². The molecule has 5 rings (SSSR count). The highest BCUT2D eigenvalue weighted by Gasteiger charge is 2.55. The van der Waals surface area contributed by atoms with Crippen LogP contribution in [0, 0.1) is 5.82 Å². The average molecular weight is 405 g/mol. The van der Waals surface area contributed by atoms with E-state index in [0.717, 1.165) is 0 Å². The molecular weight excluding hydrogens is 385 g/mol. The quantitative estimate of drug-likeness (QED) is 0.710. The standard InChI is InChI=1S/C24H20FNO4/c25-20-10-5-4-9-18(20)22(27)16-11-12-21-19(15-16)24(29-13-6-14-30-24)23(28)26(21)17-7-2-1-3-8-17/h1-5,7-12,15,22,27H,6,13-14H2. The molecule has 1 amide bonds. The number of fused-ring (bicyclic) bond motifs is 2. The number of ether oxygens (including phenoxy) is 2. The predicted molar refractivity (Wildman–Crippen MR) is 109 cm³/mol. The first-order chi connectivity index (χ1) is 14.6. The van der Waals surface area contributed by atoms with Crippen molar-refractivity contribution >= 4 is 17.3 Å². The van der Waals surface area contributed by atoms with Crippen LogP contribution in [0.25, 0.3) is 0 Å². The maximum Gasteiger partial charge on any atom is 0.297 e. The number of halogens is 1. The third kappa shape index (κ3) is 2.84. The van der Waals surface area contributed by atoms with E-state index in [0.29, 0.717) is 42.1 Å². The Morgan fingerprint density at radius 2 is 1.67 bits per heavy atom. The summed E-state index contributed by atoms with van der Waals surface area (Å²) in [6.07, 6.45) is -0.495. The molecule has 1 unspecified atom stereocenters. The van der Waals surface area contributed by atoms with Crippen LogP contribution in [-0.2, 0) is 20.1 Å². The largest absolute Gasteiger partial charge is 0.384 e. The van der Waals surface area contributed by atoms with Gasteiger partial charge in [0.05, 0.1) is 18.9 Å². The van der Waals surface area contributed by atoms with E-state index in [2.05, 4.69) is 0 Å². The van der Waals surface area contributed by atoms with E-state index in [1.54, 1.807) is 35.2 Å². The van der Waals surface area contributed by atoms with Gasteiger partial charge in [-0.25, -0.2) is 4.39 Å². The fraction of sp³-hybridized carbons (Fsp3) is 0.208. The maximum absolute atomic E-state index is 14.2. The minimum absolute atomic E-state index is 0.168. The number of rotatable bonds is 3. The van der Waals surface area contributed by atoms with Crippen molar-refractivity contribution < 1.29 is 23.8 Å². The normalized spacial score (nSPS) is 18.5. The molecule has 2 aliphatic rings. The van der Waals surface area contributed by atoms with Crippen LogP contribution in [0.1, 0.15) is 29.2 Å². The number of carbonyl (C=O) groups is 1. The third-order valence-electron chi connectivity index (χ3n) is 5.53. The van der Waals surface area contributed by atoms with Crippen molar-refractivity contribution in [3.63, 3.8) is 0 Å². The molecule has 0 aromatic heterocycles. The number of aliphatic hydroxyl groups excluding tert-OH is 1. The van der Waals surface area contributed by atoms with Gasteiger partial charge in [-0.05, 0) is 42.3 Å². The Kier molecular flexibility index (Phi) is 4.62. The summed E-state index contributed by atoms with van der Waals surface area (Å²) in [5.74, 6) is -2.39. The maximum atomic E-state index is 14.2. The third-order valence-corrected chi connectivity index (χ3v) is 5.53. The van der Waals surface area contributed by atoms with Crippen molar-refractivity contribution in [3.8, 4) is 0 Å². The van der Waals surface area contributed by atoms with Crippen LogP contribution in [0.4, 0.5) is 15.8 Å². The molecule has 6 heteroatoms. The monoisotopic (exact) mass is 405 g/mol. The van der Waals surface area contributed by atoms with E-state index in [9.17, 15) is 14.3 Å². The van der Waals surface area contributed by atoms with Gasteiger partial charge >= 0.3 is 0 Å². The Hall–Kier alpha value is -3.06. The van der Waals surface area contributed by atoms with E-state index in [1.807, 2.05) is 30.3 Å². The number of hydrogen-bond donors (Lipinski definition) is 1. The number of anilines is 2. The Morgan fingerprint density at radius 1 is 0.967 bits per heavy atom. The average Bonchev–Trinajstić information content (AvgIpc) is 3.02. The molecule has 30 heavy (non-hydrogen) atoms. The van der Waals surface area contributed by atoms with Crippen LogP contribution in [0.5, 0.6) is 0 Å². The number of nitrogens with zero attached hydrogens (tertiary/aromatic N) is 1. The fourth-order valence-electron chi connectivity index (χ4n) is 4.08. The van der Waals surface area contributed by atoms with Gasteiger partial charge in [-0.2, -0.15) is 0 Å². The molecule has 2 heterocycles. The van der Waals surface area contributed by atoms with Gasteiger partial charge < -0.3 is 14.6 Å². The molecule has 152 valence electrons. The number of para-hydroxylation sites is 1. The van der Waals surface area contributed by atoms with E-state index in [4.69, 9.17) is 9.47 Å². The minimum Gasteiger partial charge on any atom is -0.384 e. The zero-order chi connectivity index (χ0) is 20.7. The Bertz CT molecular complexity index is 1100. The first-order valence-corrected chi connectivity index (χ1v) is 9.86. The second kappa shape index (κ2) is 7.32. The van der Waals surface area contributed by atoms with E-state index < -0.39 is 17.7 Å². The van der Waals surface area contributed by atoms with E-state index in [1.165, 1.54) is 12.1 Å². The second-order valence-corrected chi connectivity index (χ2v) is 7.34. The summed E-state index contributed by atoms with van der Waals surface area (Å²) < 4.78 is 26.0. The number of amides is 1. The molecular formula is C24H20FNO4. The van der Waals surface area contributed by atoms with Gasteiger partial charge in [0.2, 0.25) is 0 Å². The van der Waals surface area contributed by atoms with Gasteiger partial charge in [-0.3, -0.25) is 9.69 Å². The van der Waals surface area contributed by atoms with Gasteiger partial charge in [0, 0.05) is 16.8 Å². The zero-order valence-electron chi connectivity index (χ0n) is 16.1. The van der Waals surface area contributed by atoms with Gasteiger partial charge in [-0.15, -0.1) is 0 Å².